The van der Waals surface area contributed by atoms with E-state index in [9.17, 15) is 19.8 Å². The summed E-state index contributed by atoms with van der Waals surface area (Å²) in [4.78, 5) is 27.2. The molecule has 0 saturated heterocycles. The number of hydrogen-bond acceptors (Lipinski definition) is 4. The molecule has 0 aromatic carbocycles. The number of aliphatic hydroxyl groups is 2. The van der Waals surface area contributed by atoms with E-state index >= 15 is 0 Å². The van der Waals surface area contributed by atoms with Crippen LogP contribution in [0.2, 0.25) is 0 Å². The van der Waals surface area contributed by atoms with Crippen LogP contribution in [0.4, 0.5) is 0 Å². The van der Waals surface area contributed by atoms with Crippen LogP contribution < -0.4 is 0 Å². The van der Waals surface area contributed by atoms with Crippen LogP contribution in [0, 0.1) is 0 Å². The van der Waals surface area contributed by atoms with E-state index < -0.39 is 24.0 Å². The number of carbonyl (C=O) groups is 2. The van der Waals surface area contributed by atoms with Gasteiger partial charge in [-0.05, 0) is 12.8 Å². The molecule has 2 unspecified atom stereocenters. The molecule has 0 aliphatic heterocycles. The van der Waals surface area contributed by atoms with Crippen molar-refractivity contribution < 1.29 is 19.8 Å². The summed E-state index contributed by atoms with van der Waals surface area (Å²) in [5, 5.41) is 20.1. The third kappa shape index (κ3) is 10.1. The summed E-state index contributed by atoms with van der Waals surface area (Å²) in [6.45, 7) is 5.33. The average Bonchev–Trinajstić information content (AvgIpc) is 2.64. The predicted octanol–water partition coefficient (Wildman–Crippen LogP) is 2.57. The lowest BCUT2D eigenvalue weighted by Crippen LogP contribution is -2.50. The van der Waals surface area contributed by atoms with Gasteiger partial charge in [0.15, 0.2) is 12.2 Å². The first-order valence-corrected chi connectivity index (χ1v) is 10.2. The lowest BCUT2D eigenvalue weighted by Gasteiger charge is -2.26. The van der Waals surface area contributed by atoms with Crippen molar-refractivity contribution >= 4 is 11.8 Å². The first-order valence-electron chi connectivity index (χ1n) is 10.2. The van der Waals surface area contributed by atoms with Crippen LogP contribution >= 0.6 is 0 Å². The van der Waals surface area contributed by atoms with E-state index in [0.29, 0.717) is 13.1 Å². The Bertz CT molecular complexity index is 354. The highest BCUT2D eigenvalue weighted by atomic mass is 16.3. The van der Waals surface area contributed by atoms with Crippen LogP contribution in [0.5, 0.6) is 0 Å². The number of carbonyl (C=O) groups excluding carboxylic acids is 2. The second kappa shape index (κ2) is 15.0. The minimum Gasteiger partial charge on any atom is -0.380 e. The van der Waals surface area contributed by atoms with Gasteiger partial charge >= 0.3 is 0 Å². The molecule has 0 saturated carbocycles. The molecule has 26 heavy (non-hydrogen) atoms. The van der Waals surface area contributed by atoms with Gasteiger partial charge in [0.25, 0.3) is 11.8 Å². The van der Waals surface area contributed by atoms with Crippen molar-refractivity contribution in [1.82, 2.24) is 9.80 Å². The Morgan fingerprint density at radius 2 is 0.962 bits per heavy atom. The Morgan fingerprint density at radius 3 is 1.27 bits per heavy atom. The van der Waals surface area contributed by atoms with Crippen LogP contribution in [-0.4, -0.2) is 71.2 Å². The smallest absolute Gasteiger partial charge is 0.254 e. The largest absolute Gasteiger partial charge is 0.380 e. The predicted molar refractivity (Wildman–Crippen MR) is 105 cm³/mol. The number of unbranched alkanes of at least 4 members (excludes halogenated alkanes) is 8. The standard InChI is InChI=1S/C20H40N2O4/c1-5-7-9-11-13-15-21(3)19(25)17(23)18(24)20(26)22(4)16-14-12-10-8-6-2/h17-18,23-24H,5-16H2,1-4H3. The van der Waals surface area contributed by atoms with E-state index in [2.05, 4.69) is 13.8 Å². The zero-order valence-corrected chi connectivity index (χ0v) is 17.2. The van der Waals surface area contributed by atoms with Crippen LogP contribution in [0.3, 0.4) is 0 Å². The number of aliphatic hydroxyl groups excluding tert-OH is 2. The van der Waals surface area contributed by atoms with Gasteiger partial charge in [0.2, 0.25) is 0 Å². The van der Waals surface area contributed by atoms with E-state index in [1.54, 1.807) is 14.1 Å². The molecule has 0 spiro atoms. The van der Waals surface area contributed by atoms with Crippen molar-refractivity contribution in [3.05, 3.63) is 0 Å². The van der Waals surface area contributed by atoms with Gasteiger partial charge in [0, 0.05) is 27.2 Å². The zero-order chi connectivity index (χ0) is 19.9. The fourth-order valence-electron chi connectivity index (χ4n) is 2.85. The highest BCUT2D eigenvalue weighted by Crippen LogP contribution is 2.08. The second-order valence-corrected chi connectivity index (χ2v) is 7.24. The first-order chi connectivity index (χ1) is 12.4. The molecule has 2 amide bonds. The molecule has 0 rings (SSSR count). The summed E-state index contributed by atoms with van der Waals surface area (Å²) in [6, 6.07) is 0. The average molecular weight is 373 g/mol. The lowest BCUT2D eigenvalue weighted by atomic mass is 10.1. The SMILES string of the molecule is CCCCCCCN(C)C(=O)C(O)C(O)C(=O)N(C)CCCCCCC. The summed E-state index contributed by atoms with van der Waals surface area (Å²) in [7, 11) is 3.19. The molecule has 2 N–H and O–H groups in total. The molecule has 0 bridgehead atoms. The molecule has 0 aliphatic rings. The van der Waals surface area contributed by atoms with Crippen molar-refractivity contribution in [1.29, 1.82) is 0 Å². The maximum Gasteiger partial charge on any atom is 0.254 e. The van der Waals surface area contributed by atoms with Crippen molar-refractivity contribution in [3.63, 3.8) is 0 Å². The van der Waals surface area contributed by atoms with Gasteiger partial charge in [-0.1, -0.05) is 65.2 Å². The molecule has 6 nitrogen and oxygen atoms in total. The van der Waals surface area contributed by atoms with Gasteiger partial charge in [-0.2, -0.15) is 0 Å². The van der Waals surface area contributed by atoms with Crippen molar-refractivity contribution in [2.45, 2.75) is 90.3 Å². The van der Waals surface area contributed by atoms with Gasteiger partial charge in [0.05, 0.1) is 0 Å². The first kappa shape index (κ1) is 24.9. The molecule has 0 radical (unpaired) electrons. The van der Waals surface area contributed by atoms with Crippen LogP contribution in [0.15, 0.2) is 0 Å². The summed E-state index contributed by atoms with van der Waals surface area (Å²) in [5.74, 6) is -1.20. The number of hydrogen-bond donors (Lipinski definition) is 2. The van der Waals surface area contributed by atoms with Crippen LogP contribution in [0.25, 0.3) is 0 Å². The third-order valence-corrected chi connectivity index (χ3v) is 4.75. The second-order valence-electron chi connectivity index (χ2n) is 7.24. The van der Waals surface area contributed by atoms with Gasteiger partial charge < -0.3 is 20.0 Å². The van der Waals surface area contributed by atoms with E-state index in [1.807, 2.05) is 0 Å². The van der Waals surface area contributed by atoms with Crippen molar-refractivity contribution in [2.24, 2.45) is 0 Å². The summed E-state index contributed by atoms with van der Waals surface area (Å²) in [5.41, 5.74) is 0. The summed E-state index contributed by atoms with van der Waals surface area (Å²) in [6.07, 6.45) is 7.31. The molecular formula is C20H40N2O4. The van der Waals surface area contributed by atoms with Gasteiger partial charge in [-0.3, -0.25) is 9.59 Å². The quantitative estimate of drug-likeness (QED) is 0.433. The number of nitrogens with zero attached hydrogens (tertiary/aromatic N) is 2. The fraction of sp³-hybridized carbons (Fsp3) is 0.900. The minimum atomic E-state index is -1.70. The molecule has 0 aliphatic carbocycles. The zero-order valence-electron chi connectivity index (χ0n) is 17.2. The highest BCUT2D eigenvalue weighted by Gasteiger charge is 2.33. The highest BCUT2D eigenvalue weighted by molar-refractivity contribution is 5.90. The van der Waals surface area contributed by atoms with Crippen LogP contribution in [-0.2, 0) is 9.59 Å². The Kier molecular flexibility index (Phi) is 14.3. The fourth-order valence-corrected chi connectivity index (χ4v) is 2.85. The lowest BCUT2D eigenvalue weighted by molar-refractivity contribution is -0.156. The van der Waals surface area contributed by atoms with Crippen molar-refractivity contribution in [2.75, 3.05) is 27.2 Å². The van der Waals surface area contributed by atoms with E-state index in [0.717, 1.165) is 51.4 Å². The van der Waals surface area contributed by atoms with Gasteiger partial charge in [-0.25, -0.2) is 0 Å². The Balaban J connectivity index is 4.24. The normalized spacial score (nSPS) is 13.3. The van der Waals surface area contributed by atoms with Gasteiger partial charge in [0.1, 0.15) is 0 Å². The van der Waals surface area contributed by atoms with E-state index in [1.165, 1.54) is 22.6 Å². The Morgan fingerprint density at radius 1 is 0.654 bits per heavy atom. The maximum atomic E-state index is 12.2. The Hall–Kier alpha value is -1.14. The monoisotopic (exact) mass is 372 g/mol. The number of likely N-dealkylation sites (N-methyl/N-ethyl adjacent to an activating group) is 2. The molecule has 0 aromatic heterocycles. The number of rotatable bonds is 15. The molecular weight excluding hydrogens is 332 g/mol. The van der Waals surface area contributed by atoms with E-state index in [-0.39, 0.29) is 0 Å². The van der Waals surface area contributed by atoms with Crippen LogP contribution in [0.1, 0.15) is 78.1 Å². The molecule has 2 atom stereocenters. The third-order valence-electron chi connectivity index (χ3n) is 4.75. The van der Waals surface area contributed by atoms with E-state index in [4.69, 9.17) is 0 Å². The maximum absolute atomic E-state index is 12.2. The van der Waals surface area contributed by atoms with Crippen molar-refractivity contribution in [3.8, 4) is 0 Å². The molecule has 154 valence electrons. The molecule has 0 heterocycles. The molecule has 0 aromatic rings. The summed E-state index contributed by atoms with van der Waals surface area (Å²) >= 11 is 0. The summed E-state index contributed by atoms with van der Waals surface area (Å²) < 4.78 is 0. The molecule has 6 heteroatoms. The Labute approximate surface area is 159 Å². The minimum absolute atomic E-state index is 0.522. The van der Waals surface area contributed by atoms with Gasteiger partial charge in [-0.15, -0.1) is 0 Å². The topological polar surface area (TPSA) is 81.1 Å². The number of amides is 2. The molecule has 0 fully saturated rings.